The Balaban J connectivity index is 0.00000338. The molecule has 1 saturated carbocycles. The van der Waals surface area contributed by atoms with E-state index in [9.17, 15) is 0 Å². The fraction of sp³-hybridized carbons (Fsp3) is 0.950. The van der Waals surface area contributed by atoms with Crippen molar-refractivity contribution in [2.45, 2.75) is 65.5 Å². The number of hydrogen-bond acceptors (Lipinski definition) is 3. The van der Waals surface area contributed by atoms with Crippen molar-refractivity contribution in [3.8, 4) is 0 Å². The Kier molecular flexibility index (Phi) is 10.2. The van der Waals surface area contributed by atoms with Gasteiger partial charge in [-0.3, -0.25) is 4.99 Å². The monoisotopic (exact) mass is 480 g/mol. The van der Waals surface area contributed by atoms with Gasteiger partial charge in [0.05, 0.1) is 12.6 Å². The summed E-state index contributed by atoms with van der Waals surface area (Å²) in [4.78, 5) is 7.21. The predicted molar refractivity (Wildman–Crippen MR) is 122 cm³/mol. The highest BCUT2D eigenvalue weighted by Gasteiger charge is 2.35. The molecule has 1 aliphatic carbocycles. The molecule has 2 N–H and O–H groups in total. The maximum Gasteiger partial charge on any atom is 0.191 e. The zero-order valence-corrected chi connectivity index (χ0v) is 20.0. The molecular weight excluding hydrogens is 439 g/mol. The zero-order chi connectivity index (χ0) is 18.4. The molecule has 0 amide bonds. The third-order valence-corrected chi connectivity index (χ3v) is 5.44. The standard InChI is InChI=1S/C20H40N4O.HI/c1-7-21-19(23-14-17(24(5)6)15-10-11-15)22-13-16-9-8-12-25-18(16)20(2,3)4;/h15-18H,7-14H2,1-6H3,(H2,21,22,23);1H. The van der Waals surface area contributed by atoms with E-state index < -0.39 is 0 Å². The van der Waals surface area contributed by atoms with Gasteiger partial charge in [0.2, 0.25) is 0 Å². The van der Waals surface area contributed by atoms with E-state index in [1.54, 1.807) is 0 Å². The van der Waals surface area contributed by atoms with Gasteiger partial charge in [-0.05, 0) is 58.0 Å². The first-order chi connectivity index (χ1) is 11.8. The summed E-state index contributed by atoms with van der Waals surface area (Å²) in [6, 6.07) is 0.566. The molecule has 2 fully saturated rings. The van der Waals surface area contributed by atoms with E-state index in [4.69, 9.17) is 9.73 Å². The number of ether oxygens (including phenoxy) is 1. The topological polar surface area (TPSA) is 48.9 Å². The van der Waals surface area contributed by atoms with Gasteiger partial charge >= 0.3 is 0 Å². The van der Waals surface area contributed by atoms with Gasteiger partial charge in [0, 0.05) is 31.7 Å². The number of rotatable bonds is 7. The normalized spacial score (nSPS) is 25.6. The minimum Gasteiger partial charge on any atom is -0.377 e. The van der Waals surface area contributed by atoms with Crippen LogP contribution in [0.25, 0.3) is 0 Å². The Morgan fingerprint density at radius 3 is 2.42 bits per heavy atom. The first kappa shape index (κ1) is 24.0. The number of nitrogens with zero attached hydrogens (tertiary/aromatic N) is 2. The molecule has 0 aromatic heterocycles. The number of nitrogens with one attached hydrogen (secondary N) is 2. The molecule has 0 radical (unpaired) electrons. The second-order valence-corrected chi connectivity index (χ2v) is 9.03. The molecule has 6 heteroatoms. The molecule has 1 saturated heterocycles. The molecule has 5 nitrogen and oxygen atoms in total. The van der Waals surface area contributed by atoms with Crippen LogP contribution in [0.1, 0.15) is 53.4 Å². The average Bonchev–Trinajstić information content (AvgIpc) is 3.36. The van der Waals surface area contributed by atoms with Crippen LogP contribution in [-0.2, 0) is 4.74 Å². The van der Waals surface area contributed by atoms with Crippen molar-refractivity contribution in [1.29, 1.82) is 0 Å². The number of likely N-dealkylation sites (N-methyl/N-ethyl adjacent to an activating group) is 1. The summed E-state index contributed by atoms with van der Waals surface area (Å²) < 4.78 is 6.11. The van der Waals surface area contributed by atoms with E-state index >= 15 is 0 Å². The van der Waals surface area contributed by atoms with Crippen molar-refractivity contribution in [2.75, 3.05) is 40.3 Å². The lowest BCUT2D eigenvalue weighted by atomic mass is 9.78. The molecule has 0 aromatic rings. The third kappa shape index (κ3) is 7.50. The lowest BCUT2D eigenvalue weighted by Gasteiger charge is -2.40. The first-order valence-electron chi connectivity index (χ1n) is 10.1. The van der Waals surface area contributed by atoms with Crippen LogP contribution in [0.5, 0.6) is 0 Å². The van der Waals surface area contributed by atoms with E-state index in [0.717, 1.165) is 44.5 Å². The lowest BCUT2D eigenvalue weighted by molar-refractivity contribution is -0.0835. The number of hydrogen-bond donors (Lipinski definition) is 2. The summed E-state index contributed by atoms with van der Waals surface area (Å²) in [7, 11) is 4.35. The minimum atomic E-state index is 0. The summed E-state index contributed by atoms with van der Waals surface area (Å²) in [5.41, 5.74) is 0.185. The van der Waals surface area contributed by atoms with Gasteiger partial charge in [0.25, 0.3) is 0 Å². The average molecular weight is 480 g/mol. The highest BCUT2D eigenvalue weighted by Crippen LogP contribution is 2.35. The van der Waals surface area contributed by atoms with E-state index in [-0.39, 0.29) is 29.4 Å². The van der Waals surface area contributed by atoms with Gasteiger partial charge in [-0.1, -0.05) is 20.8 Å². The summed E-state index contributed by atoms with van der Waals surface area (Å²) in [6.45, 7) is 12.6. The maximum absolute atomic E-state index is 6.11. The Hall–Kier alpha value is -0.0800. The van der Waals surface area contributed by atoms with Crippen LogP contribution in [0.3, 0.4) is 0 Å². The summed E-state index contributed by atoms with van der Waals surface area (Å²) >= 11 is 0. The van der Waals surface area contributed by atoms with Crippen molar-refractivity contribution in [2.24, 2.45) is 22.2 Å². The SMILES string of the molecule is CCNC(=NCC(C1CC1)N(C)C)NCC1CCCOC1C(C)(C)C.I. The lowest BCUT2D eigenvalue weighted by Crippen LogP contribution is -2.47. The fourth-order valence-corrected chi connectivity index (χ4v) is 3.98. The Morgan fingerprint density at radius 2 is 1.88 bits per heavy atom. The molecule has 3 atom stereocenters. The predicted octanol–water partition coefficient (Wildman–Crippen LogP) is 3.34. The molecule has 2 rings (SSSR count). The van der Waals surface area contributed by atoms with Crippen LogP contribution in [-0.4, -0.2) is 63.3 Å². The number of guanidine groups is 1. The van der Waals surface area contributed by atoms with E-state index in [0.29, 0.717) is 18.1 Å². The van der Waals surface area contributed by atoms with Crippen LogP contribution >= 0.6 is 24.0 Å². The van der Waals surface area contributed by atoms with Crippen molar-refractivity contribution in [3.05, 3.63) is 0 Å². The van der Waals surface area contributed by atoms with Crippen molar-refractivity contribution in [1.82, 2.24) is 15.5 Å². The third-order valence-electron chi connectivity index (χ3n) is 5.44. The molecule has 26 heavy (non-hydrogen) atoms. The van der Waals surface area contributed by atoms with E-state index in [2.05, 4.69) is 57.3 Å². The highest BCUT2D eigenvalue weighted by molar-refractivity contribution is 14.0. The molecule has 1 aliphatic heterocycles. The Morgan fingerprint density at radius 1 is 1.19 bits per heavy atom. The molecule has 3 unspecified atom stereocenters. The molecule has 0 spiro atoms. The smallest absolute Gasteiger partial charge is 0.191 e. The van der Waals surface area contributed by atoms with Crippen LogP contribution in [0, 0.1) is 17.3 Å². The molecular formula is C20H41IN4O. The molecule has 0 aromatic carbocycles. The van der Waals surface area contributed by atoms with Crippen LogP contribution in [0.15, 0.2) is 4.99 Å². The fourth-order valence-electron chi connectivity index (χ4n) is 3.98. The van der Waals surface area contributed by atoms with Crippen LogP contribution < -0.4 is 10.6 Å². The van der Waals surface area contributed by atoms with Gasteiger partial charge in [0.15, 0.2) is 5.96 Å². The second-order valence-electron chi connectivity index (χ2n) is 9.03. The van der Waals surface area contributed by atoms with Gasteiger partial charge < -0.3 is 20.3 Å². The number of halogens is 1. The first-order valence-corrected chi connectivity index (χ1v) is 10.1. The van der Waals surface area contributed by atoms with Gasteiger partial charge in [0.1, 0.15) is 0 Å². The largest absolute Gasteiger partial charge is 0.377 e. The minimum absolute atomic E-state index is 0. The van der Waals surface area contributed by atoms with E-state index in [1.807, 2.05) is 0 Å². The quantitative estimate of drug-likeness (QED) is 0.334. The van der Waals surface area contributed by atoms with Crippen LogP contribution in [0.4, 0.5) is 0 Å². The highest BCUT2D eigenvalue weighted by atomic mass is 127. The maximum atomic E-state index is 6.11. The summed E-state index contributed by atoms with van der Waals surface area (Å²) in [5, 5.41) is 7.00. The number of aliphatic imine (C=N–C) groups is 1. The van der Waals surface area contributed by atoms with E-state index in [1.165, 1.54) is 19.3 Å². The van der Waals surface area contributed by atoms with Gasteiger partial charge in [-0.15, -0.1) is 24.0 Å². The van der Waals surface area contributed by atoms with Crippen molar-refractivity contribution < 1.29 is 4.74 Å². The van der Waals surface area contributed by atoms with Gasteiger partial charge in [-0.25, -0.2) is 0 Å². The molecule has 154 valence electrons. The summed E-state index contributed by atoms with van der Waals surface area (Å²) in [5.74, 6) is 2.33. The van der Waals surface area contributed by atoms with Crippen molar-refractivity contribution >= 4 is 29.9 Å². The van der Waals surface area contributed by atoms with Crippen LogP contribution in [0.2, 0.25) is 0 Å². The second kappa shape index (κ2) is 11.1. The summed E-state index contributed by atoms with van der Waals surface area (Å²) in [6.07, 6.45) is 5.43. The molecule has 2 aliphatic rings. The Labute approximate surface area is 178 Å². The van der Waals surface area contributed by atoms with Gasteiger partial charge in [-0.2, -0.15) is 0 Å². The molecule has 1 heterocycles. The Bertz CT molecular complexity index is 430. The molecule has 0 bridgehead atoms. The van der Waals surface area contributed by atoms with Crippen molar-refractivity contribution in [3.63, 3.8) is 0 Å². The zero-order valence-electron chi connectivity index (χ0n) is 17.7.